The first-order chi connectivity index (χ1) is 12.7. The van der Waals surface area contributed by atoms with E-state index < -0.39 is 35.0 Å². The van der Waals surface area contributed by atoms with Crippen molar-refractivity contribution in [3.63, 3.8) is 0 Å². The molecule has 2 aliphatic heterocycles. The van der Waals surface area contributed by atoms with Crippen LogP contribution in [0.2, 0.25) is 0 Å². The molecule has 1 aromatic rings. The van der Waals surface area contributed by atoms with Crippen LogP contribution >= 0.6 is 0 Å². The molecule has 0 aromatic heterocycles. The van der Waals surface area contributed by atoms with E-state index in [1.807, 2.05) is 0 Å². The number of amides is 1. The minimum absolute atomic E-state index is 0.0264. The number of piperazine rings is 1. The van der Waals surface area contributed by atoms with Crippen molar-refractivity contribution in [1.29, 1.82) is 10.8 Å². The van der Waals surface area contributed by atoms with Crippen LogP contribution in [0, 0.1) is 28.3 Å². The Morgan fingerprint density at radius 2 is 1.93 bits per heavy atom. The topological polar surface area (TPSA) is 96.0 Å². The fourth-order valence-electron chi connectivity index (χ4n) is 2.99. The van der Waals surface area contributed by atoms with Crippen LogP contribution in [0.3, 0.4) is 0 Å². The number of hydrogen-bond acceptors (Lipinski definition) is 5. The van der Waals surface area contributed by atoms with Crippen LogP contribution in [0.4, 0.5) is 13.2 Å². The van der Waals surface area contributed by atoms with Gasteiger partial charge in [0.15, 0.2) is 17.5 Å². The number of nitrogens with zero attached hydrogens (tertiary/aromatic N) is 4. The van der Waals surface area contributed by atoms with Crippen LogP contribution < -0.4 is 0 Å². The number of hydrogen-bond donors (Lipinski definition) is 2. The zero-order valence-corrected chi connectivity index (χ0v) is 14.7. The number of carbonyl (C=O) groups is 1. The number of amidine groups is 3. The standard InChI is InChI=1S/C17H17F3N6O/c1-8-15(21)26(16(22)12-7-23-9(2)24-12)6-5-25(8)17(27)10-3-4-11(18)14(20)13(10)19/h3-4,8,21-22H,5-7H2,1-2H3. The maximum atomic E-state index is 13.9. The highest BCUT2D eigenvalue weighted by Crippen LogP contribution is 2.21. The highest BCUT2D eigenvalue weighted by molar-refractivity contribution is 6.45. The molecule has 2 heterocycles. The fourth-order valence-corrected chi connectivity index (χ4v) is 2.99. The average Bonchev–Trinajstić information content (AvgIpc) is 3.07. The smallest absolute Gasteiger partial charge is 0.257 e. The summed E-state index contributed by atoms with van der Waals surface area (Å²) in [5, 5.41) is 16.5. The monoisotopic (exact) mass is 378 g/mol. The summed E-state index contributed by atoms with van der Waals surface area (Å²) in [7, 11) is 0. The van der Waals surface area contributed by atoms with Crippen LogP contribution in [-0.4, -0.2) is 64.6 Å². The Balaban J connectivity index is 1.79. The predicted octanol–water partition coefficient (Wildman–Crippen LogP) is 2.08. The molecule has 3 rings (SSSR count). The maximum Gasteiger partial charge on any atom is 0.257 e. The number of aliphatic imine (C=N–C) groups is 2. The molecule has 0 spiro atoms. The second-order valence-corrected chi connectivity index (χ2v) is 6.20. The van der Waals surface area contributed by atoms with Crippen LogP contribution in [0.1, 0.15) is 24.2 Å². The molecule has 2 aliphatic rings. The largest absolute Gasteiger partial charge is 0.327 e. The van der Waals surface area contributed by atoms with E-state index in [2.05, 4.69) is 9.98 Å². The van der Waals surface area contributed by atoms with E-state index in [1.165, 1.54) is 9.80 Å². The minimum atomic E-state index is -1.71. The lowest BCUT2D eigenvalue weighted by molar-refractivity contribution is 0.0695. The molecule has 0 radical (unpaired) electrons. The summed E-state index contributed by atoms with van der Waals surface area (Å²) in [5.41, 5.74) is -0.169. The SMILES string of the molecule is CC1=NCC(C(=N)N2CCN(C(=O)c3ccc(F)c(F)c3F)C(C)C2=N)=N1. The van der Waals surface area contributed by atoms with Gasteiger partial charge in [0.25, 0.3) is 5.91 Å². The van der Waals surface area contributed by atoms with Crippen molar-refractivity contribution in [2.24, 2.45) is 9.98 Å². The van der Waals surface area contributed by atoms with Gasteiger partial charge in [0.1, 0.15) is 23.2 Å². The third-order valence-electron chi connectivity index (χ3n) is 4.54. The van der Waals surface area contributed by atoms with E-state index in [4.69, 9.17) is 10.8 Å². The Morgan fingerprint density at radius 1 is 1.22 bits per heavy atom. The molecule has 0 saturated carbocycles. The number of halogens is 3. The number of benzene rings is 1. The highest BCUT2D eigenvalue weighted by atomic mass is 19.2. The average molecular weight is 378 g/mol. The van der Waals surface area contributed by atoms with Crippen LogP contribution in [0.25, 0.3) is 0 Å². The summed E-state index contributed by atoms with van der Waals surface area (Å²) < 4.78 is 40.5. The molecule has 27 heavy (non-hydrogen) atoms. The lowest BCUT2D eigenvalue weighted by Gasteiger charge is -2.41. The lowest BCUT2D eigenvalue weighted by Crippen LogP contribution is -2.59. The molecule has 1 amide bonds. The van der Waals surface area contributed by atoms with E-state index in [0.29, 0.717) is 17.6 Å². The van der Waals surface area contributed by atoms with Crippen LogP contribution in [0.5, 0.6) is 0 Å². The Kier molecular flexibility index (Phi) is 4.81. The first-order valence-electron chi connectivity index (χ1n) is 8.20. The summed E-state index contributed by atoms with van der Waals surface area (Å²) in [4.78, 5) is 23.4. The molecule has 1 aromatic carbocycles. The first kappa shape index (κ1) is 18.7. The molecule has 7 nitrogen and oxygen atoms in total. The maximum absolute atomic E-state index is 13.9. The molecule has 2 N–H and O–H groups in total. The third kappa shape index (κ3) is 3.22. The molecule has 142 valence electrons. The van der Waals surface area contributed by atoms with Gasteiger partial charge >= 0.3 is 0 Å². The van der Waals surface area contributed by atoms with Crippen molar-refractivity contribution in [3.05, 3.63) is 35.1 Å². The van der Waals surface area contributed by atoms with Gasteiger partial charge in [0.2, 0.25) is 0 Å². The van der Waals surface area contributed by atoms with Crippen molar-refractivity contribution in [1.82, 2.24) is 9.80 Å². The molecular formula is C17H17F3N6O. The van der Waals surface area contributed by atoms with Gasteiger partial charge in [0.05, 0.1) is 18.2 Å². The normalized spacial score (nSPS) is 19.9. The van der Waals surface area contributed by atoms with Gasteiger partial charge in [-0.15, -0.1) is 0 Å². The molecule has 1 fully saturated rings. The van der Waals surface area contributed by atoms with Crippen molar-refractivity contribution in [3.8, 4) is 0 Å². The van der Waals surface area contributed by atoms with E-state index >= 15 is 0 Å². The summed E-state index contributed by atoms with van der Waals surface area (Å²) in [6.45, 7) is 3.72. The van der Waals surface area contributed by atoms with Crippen molar-refractivity contribution < 1.29 is 18.0 Å². The zero-order chi connectivity index (χ0) is 19.9. The van der Waals surface area contributed by atoms with Gasteiger partial charge in [0, 0.05) is 13.1 Å². The van der Waals surface area contributed by atoms with Gasteiger partial charge in [-0.1, -0.05) is 0 Å². The summed E-state index contributed by atoms with van der Waals surface area (Å²) >= 11 is 0. The van der Waals surface area contributed by atoms with E-state index in [0.717, 1.165) is 6.07 Å². The van der Waals surface area contributed by atoms with Gasteiger partial charge in [-0.3, -0.25) is 20.6 Å². The Bertz CT molecular complexity index is 910. The number of nitrogens with one attached hydrogen (secondary N) is 2. The fraction of sp³-hybridized carbons (Fsp3) is 0.353. The molecule has 10 heteroatoms. The van der Waals surface area contributed by atoms with Crippen LogP contribution in [0.15, 0.2) is 22.1 Å². The second-order valence-electron chi connectivity index (χ2n) is 6.20. The quantitative estimate of drug-likeness (QED) is 0.468. The Hall–Kier alpha value is -3.04. The molecular weight excluding hydrogens is 361 g/mol. The molecule has 1 atom stereocenters. The summed E-state index contributed by atoms with van der Waals surface area (Å²) in [6.07, 6.45) is 0. The zero-order valence-electron chi connectivity index (χ0n) is 14.7. The molecule has 1 unspecified atom stereocenters. The number of rotatable bonds is 2. The molecule has 0 aliphatic carbocycles. The minimum Gasteiger partial charge on any atom is -0.327 e. The summed E-state index contributed by atoms with van der Waals surface area (Å²) in [6, 6.07) is 0.783. The van der Waals surface area contributed by atoms with Crippen molar-refractivity contribution in [2.45, 2.75) is 19.9 Å². The Morgan fingerprint density at radius 3 is 2.56 bits per heavy atom. The molecule has 1 saturated heterocycles. The lowest BCUT2D eigenvalue weighted by atomic mass is 10.1. The number of carbonyl (C=O) groups excluding carboxylic acids is 1. The Labute approximate surface area is 153 Å². The predicted molar refractivity (Wildman–Crippen MR) is 94.4 cm³/mol. The summed E-state index contributed by atoms with van der Waals surface area (Å²) in [5.74, 6) is -4.95. The van der Waals surface area contributed by atoms with Crippen molar-refractivity contribution in [2.75, 3.05) is 19.6 Å². The van der Waals surface area contributed by atoms with E-state index in [9.17, 15) is 18.0 Å². The van der Waals surface area contributed by atoms with Gasteiger partial charge < -0.3 is 9.80 Å². The molecule has 0 bridgehead atoms. The van der Waals surface area contributed by atoms with E-state index in [1.54, 1.807) is 13.8 Å². The van der Waals surface area contributed by atoms with Gasteiger partial charge in [-0.2, -0.15) is 0 Å². The van der Waals surface area contributed by atoms with Gasteiger partial charge in [-0.05, 0) is 26.0 Å². The van der Waals surface area contributed by atoms with Crippen LogP contribution in [-0.2, 0) is 0 Å². The van der Waals surface area contributed by atoms with Crippen molar-refractivity contribution >= 4 is 29.1 Å². The second kappa shape index (κ2) is 6.93. The van der Waals surface area contributed by atoms with E-state index in [-0.39, 0.29) is 31.3 Å². The van der Waals surface area contributed by atoms with Gasteiger partial charge in [-0.25, -0.2) is 18.2 Å². The first-order valence-corrected chi connectivity index (χ1v) is 8.20. The highest BCUT2D eigenvalue weighted by Gasteiger charge is 2.36. The third-order valence-corrected chi connectivity index (χ3v) is 4.54.